The first-order chi connectivity index (χ1) is 8.36. The zero-order valence-corrected chi connectivity index (χ0v) is 11.1. The van der Waals surface area contributed by atoms with Crippen LogP contribution in [0.25, 0.3) is 0 Å². The number of aromatic nitrogens is 2. The minimum Gasteiger partial charge on any atom is -0.465 e. The molecule has 1 heterocycles. The topological polar surface area (TPSA) is 84.1 Å². The number of ether oxygens (including phenoxy) is 1. The lowest BCUT2D eigenvalue weighted by Crippen LogP contribution is -2.40. The molecule has 0 aliphatic rings. The molecule has 1 atom stereocenters. The fourth-order valence-corrected chi connectivity index (χ4v) is 1.60. The molecule has 0 bridgehead atoms. The van der Waals surface area contributed by atoms with Crippen molar-refractivity contribution < 1.29 is 14.3 Å². The van der Waals surface area contributed by atoms with E-state index in [-0.39, 0.29) is 6.61 Å². The van der Waals surface area contributed by atoms with Gasteiger partial charge >= 0.3 is 5.97 Å². The van der Waals surface area contributed by atoms with E-state index in [1.54, 1.807) is 13.1 Å². The Kier molecular flexibility index (Phi) is 4.47. The molecule has 6 heteroatoms. The summed E-state index contributed by atoms with van der Waals surface area (Å²) in [4.78, 5) is 30.6. The van der Waals surface area contributed by atoms with E-state index >= 15 is 0 Å². The van der Waals surface area contributed by atoms with E-state index in [9.17, 15) is 9.59 Å². The molecule has 6 nitrogen and oxygen atoms in total. The molecule has 0 fully saturated rings. The fraction of sp³-hybridized carbons (Fsp3) is 0.583. The Balaban J connectivity index is 2.83. The summed E-state index contributed by atoms with van der Waals surface area (Å²) < 4.78 is 4.94. The van der Waals surface area contributed by atoms with Gasteiger partial charge in [0.1, 0.15) is 5.92 Å². The smallest absolute Gasteiger partial charge is 0.319 e. The summed E-state index contributed by atoms with van der Waals surface area (Å²) in [5.74, 6) is -1.49. The first kappa shape index (κ1) is 14.2. The second kappa shape index (κ2) is 5.66. The summed E-state index contributed by atoms with van der Waals surface area (Å²) in [6.45, 7) is 7.41. The number of carbonyl (C=O) groups excluding carboxylic acids is 2. The monoisotopic (exact) mass is 253 g/mol. The maximum absolute atomic E-state index is 12.1. The van der Waals surface area contributed by atoms with Crippen molar-refractivity contribution in [3.63, 3.8) is 0 Å². The molecule has 0 aliphatic carbocycles. The summed E-state index contributed by atoms with van der Waals surface area (Å²) in [5.41, 5.74) is -0.525. The first-order valence-corrected chi connectivity index (χ1v) is 5.83. The van der Waals surface area contributed by atoms with E-state index in [0.717, 1.165) is 0 Å². The highest BCUT2D eigenvalue weighted by molar-refractivity contribution is 6.04. The van der Waals surface area contributed by atoms with E-state index in [4.69, 9.17) is 4.74 Å². The fourth-order valence-electron chi connectivity index (χ4n) is 1.60. The Morgan fingerprint density at radius 2 is 2.17 bits per heavy atom. The van der Waals surface area contributed by atoms with Gasteiger partial charge in [-0.2, -0.15) is 0 Å². The summed E-state index contributed by atoms with van der Waals surface area (Å²) in [5, 5.41) is 2.56. The first-order valence-electron chi connectivity index (χ1n) is 5.83. The van der Waals surface area contributed by atoms with Gasteiger partial charge in [-0.1, -0.05) is 20.8 Å². The van der Waals surface area contributed by atoms with Crippen molar-refractivity contribution in [2.45, 2.75) is 27.7 Å². The van der Waals surface area contributed by atoms with Gasteiger partial charge in [0, 0.05) is 12.4 Å². The summed E-state index contributed by atoms with van der Waals surface area (Å²) in [6, 6.07) is 0. The summed E-state index contributed by atoms with van der Waals surface area (Å²) in [6.07, 6.45) is 3.11. The van der Waals surface area contributed by atoms with E-state index < -0.39 is 23.2 Å². The largest absolute Gasteiger partial charge is 0.465 e. The lowest BCUT2D eigenvalue weighted by Gasteiger charge is -2.27. The number of H-pyrrole nitrogens is 1. The lowest BCUT2D eigenvalue weighted by atomic mass is 9.80. The zero-order chi connectivity index (χ0) is 13.8. The molecule has 18 heavy (non-hydrogen) atoms. The third-order valence-corrected chi connectivity index (χ3v) is 2.39. The Hall–Kier alpha value is -1.85. The average Bonchev–Trinajstić information content (AvgIpc) is 2.68. The van der Waals surface area contributed by atoms with Crippen LogP contribution in [0.3, 0.4) is 0 Å². The van der Waals surface area contributed by atoms with Gasteiger partial charge in [-0.25, -0.2) is 4.98 Å². The number of hydrogen-bond donors (Lipinski definition) is 2. The maximum atomic E-state index is 12.1. The molecule has 1 aromatic rings. The molecule has 1 unspecified atom stereocenters. The van der Waals surface area contributed by atoms with Crippen molar-refractivity contribution in [3.8, 4) is 0 Å². The number of nitrogens with one attached hydrogen (secondary N) is 2. The highest BCUT2D eigenvalue weighted by atomic mass is 16.5. The summed E-state index contributed by atoms with van der Waals surface area (Å²) in [7, 11) is 0. The quantitative estimate of drug-likeness (QED) is 0.630. The minimum absolute atomic E-state index is 0.249. The molecule has 1 rings (SSSR count). The van der Waals surface area contributed by atoms with Crippen LogP contribution in [0.2, 0.25) is 0 Å². The van der Waals surface area contributed by atoms with Crippen molar-refractivity contribution in [1.82, 2.24) is 9.97 Å². The number of amides is 1. The predicted molar refractivity (Wildman–Crippen MR) is 66.8 cm³/mol. The van der Waals surface area contributed by atoms with Crippen molar-refractivity contribution in [2.24, 2.45) is 11.3 Å². The number of anilines is 1. The van der Waals surface area contributed by atoms with E-state index in [2.05, 4.69) is 15.3 Å². The zero-order valence-electron chi connectivity index (χ0n) is 11.1. The molecule has 0 aliphatic heterocycles. The number of aromatic amines is 1. The van der Waals surface area contributed by atoms with Crippen LogP contribution in [-0.2, 0) is 14.3 Å². The second-order valence-corrected chi connectivity index (χ2v) is 4.98. The molecule has 0 saturated carbocycles. The van der Waals surface area contributed by atoms with Crippen molar-refractivity contribution in [2.75, 3.05) is 11.9 Å². The molecule has 1 aromatic heterocycles. The van der Waals surface area contributed by atoms with Gasteiger partial charge in [-0.3, -0.25) is 14.9 Å². The van der Waals surface area contributed by atoms with E-state index in [0.29, 0.717) is 5.95 Å². The van der Waals surface area contributed by atoms with Crippen molar-refractivity contribution in [1.29, 1.82) is 0 Å². The Bertz CT molecular complexity index is 407. The van der Waals surface area contributed by atoms with Crippen LogP contribution in [0.4, 0.5) is 5.95 Å². The number of carbonyl (C=O) groups is 2. The molecule has 0 saturated heterocycles. The second-order valence-electron chi connectivity index (χ2n) is 4.98. The standard InChI is InChI=1S/C12H19N3O3/c1-5-18-10(17)8(12(2,3)4)9(16)15-11-13-6-7-14-11/h6-8H,5H2,1-4H3,(H2,13,14,15,16). The van der Waals surface area contributed by atoms with E-state index in [1.165, 1.54) is 6.20 Å². The molecular formula is C12H19N3O3. The molecule has 0 spiro atoms. The van der Waals surface area contributed by atoms with Crippen LogP contribution in [0, 0.1) is 11.3 Å². The van der Waals surface area contributed by atoms with E-state index in [1.807, 2.05) is 20.8 Å². The van der Waals surface area contributed by atoms with Gasteiger partial charge in [-0.15, -0.1) is 0 Å². The highest BCUT2D eigenvalue weighted by Gasteiger charge is 2.39. The van der Waals surface area contributed by atoms with Gasteiger partial charge < -0.3 is 9.72 Å². The maximum Gasteiger partial charge on any atom is 0.319 e. The lowest BCUT2D eigenvalue weighted by molar-refractivity contribution is -0.155. The van der Waals surface area contributed by atoms with Crippen LogP contribution in [0.15, 0.2) is 12.4 Å². The van der Waals surface area contributed by atoms with Gasteiger partial charge in [0.25, 0.3) is 0 Å². The van der Waals surface area contributed by atoms with Crippen LogP contribution >= 0.6 is 0 Å². The molecular weight excluding hydrogens is 234 g/mol. The molecule has 0 radical (unpaired) electrons. The molecule has 1 amide bonds. The van der Waals surface area contributed by atoms with Gasteiger partial charge in [0.15, 0.2) is 0 Å². The number of imidazole rings is 1. The Morgan fingerprint density at radius 1 is 1.50 bits per heavy atom. The number of rotatable bonds is 4. The molecule has 2 N–H and O–H groups in total. The van der Waals surface area contributed by atoms with Gasteiger partial charge in [0.2, 0.25) is 11.9 Å². The third kappa shape index (κ3) is 3.58. The predicted octanol–water partition coefficient (Wildman–Crippen LogP) is 1.57. The number of nitrogens with zero attached hydrogens (tertiary/aromatic N) is 1. The Morgan fingerprint density at radius 3 is 2.61 bits per heavy atom. The Labute approximate surface area is 106 Å². The van der Waals surface area contributed by atoms with Gasteiger partial charge in [-0.05, 0) is 12.3 Å². The highest BCUT2D eigenvalue weighted by Crippen LogP contribution is 2.28. The third-order valence-electron chi connectivity index (χ3n) is 2.39. The molecule has 100 valence electrons. The number of esters is 1. The summed E-state index contributed by atoms with van der Waals surface area (Å²) >= 11 is 0. The minimum atomic E-state index is -0.873. The van der Waals surface area contributed by atoms with Gasteiger partial charge in [0.05, 0.1) is 6.61 Å². The van der Waals surface area contributed by atoms with Crippen LogP contribution in [-0.4, -0.2) is 28.5 Å². The van der Waals surface area contributed by atoms with Crippen LogP contribution in [0.1, 0.15) is 27.7 Å². The van der Waals surface area contributed by atoms with Crippen LogP contribution < -0.4 is 5.32 Å². The van der Waals surface area contributed by atoms with Crippen LogP contribution in [0.5, 0.6) is 0 Å². The average molecular weight is 253 g/mol. The van der Waals surface area contributed by atoms with Crippen molar-refractivity contribution in [3.05, 3.63) is 12.4 Å². The van der Waals surface area contributed by atoms with Crippen molar-refractivity contribution >= 4 is 17.8 Å². The number of hydrogen-bond acceptors (Lipinski definition) is 4. The molecule has 0 aromatic carbocycles. The normalized spacial score (nSPS) is 12.9. The SMILES string of the molecule is CCOC(=O)C(C(=O)Nc1ncc[nH]1)C(C)(C)C.